The van der Waals surface area contributed by atoms with Crippen LogP contribution in [0.1, 0.15) is 58.6 Å². The highest BCUT2D eigenvalue weighted by Gasteiger charge is 2.53. The number of aliphatic hydroxyl groups excluding tert-OH is 1. The van der Waals surface area contributed by atoms with Crippen LogP contribution in [0.15, 0.2) is 18.6 Å². The lowest BCUT2D eigenvalue weighted by atomic mass is 9.73. The zero-order chi connectivity index (χ0) is 19.1. The first-order chi connectivity index (χ1) is 12.8. The van der Waals surface area contributed by atoms with Crippen molar-refractivity contribution in [2.45, 2.75) is 82.8 Å². The van der Waals surface area contributed by atoms with E-state index in [1.807, 2.05) is 20.0 Å². The van der Waals surface area contributed by atoms with Crippen LogP contribution in [0.3, 0.4) is 0 Å². The van der Waals surface area contributed by atoms with E-state index >= 15 is 0 Å². The van der Waals surface area contributed by atoms with Gasteiger partial charge in [0.2, 0.25) is 0 Å². The largest absolute Gasteiger partial charge is 0.390 e. The lowest BCUT2D eigenvalue weighted by Crippen LogP contribution is -2.56. The number of ether oxygens (including phenoxy) is 2. The number of piperidine rings is 1. The number of hydrogen-bond donors (Lipinski definition) is 1. The quantitative estimate of drug-likeness (QED) is 0.876. The molecule has 3 aliphatic heterocycles. The molecule has 0 unspecified atom stereocenters. The molecule has 4 heterocycles. The van der Waals surface area contributed by atoms with Crippen molar-refractivity contribution in [2.75, 3.05) is 19.7 Å². The summed E-state index contributed by atoms with van der Waals surface area (Å²) < 4.78 is 12.7. The summed E-state index contributed by atoms with van der Waals surface area (Å²) in [7, 11) is 0. The number of hydrogen-bond acceptors (Lipinski definition) is 6. The molecule has 0 amide bonds. The van der Waals surface area contributed by atoms with E-state index in [2.05, 4.69) is 21.8 Å². The van der Waals surface area contributed by atoms with Gasteiger partial charge in [-0.3, -0.25) is 14.9 Å². The van der Waals surface area contributed by atoms with E-state index in [4.69, 9.17) is 9.47 Å². The van der Waals surface area contributed by atoms with Crippen LogP contribution < -0.4 is 0 Å². The molecule has 6 nitrogen and oxygen atoms in total. The smallest absolute Gasteiger partial charge is 0.0924 e. The van der Waals surface area contributed by atoms with Crippen LogP contribution in [0.25, 0.3) is 0 Å². The second-order valence-electron chi connectivity index (χ2n) is 9.55. The molecule has 150 valence electrons. The fraction of sp³-hybridized carbons (Fsp3) is 0.810. The Morgan fingerprint density at radius 2 is 1.96 bits per heavy atom. The van der Waals surface area contributed by atoms with Crippen molar-refractivity contribution in [2.24, 2.45) is 5.41 Å². The van der Waals surface area contributed by atoms with E-state index in [1.54, 1.807) is 12.4 Å². The third kappa shape index (κ3) is 3.90. The summed E-state index contributed by atoms with van der Waals surface area (Å²) in [5.74, 6) is 0. The Balaban J connectivity index is 1.34. The fourth-order valence-corrected chi connectivity index (χ4v) is 5.07. The Hall–Kier alpha value is -1.08. The normalized spacial score (nSPS) is 36.1. The molecule has 1 aromatic rings. The molecule has 0 saturated carbocycles. The molecule has 3 fully saturated rings. The number of aromatic nitrogens is 2. The van der Waals surface area contributed by atoms with Crippen LogP contribution in [0.2, 0.25) is 0 Å². The van der Waals surface area contributed by atoms with Gasteiger partial charge in [0.15, 0.2) is 0 Å². The predicted octanol–water partition coefficient (Wildman–Crippen LogP) is 2.56. The van der Waals surface area contributed by atoms with Crippen molar-refractivity contribution in [3.8, 4) is 0 Å². The van der Waals surface area contributed by atoms with E-state index in [-0.39, 0.29) is 17.1 Å². The second-order valence-corrected chi connectivity index (χ2v) is 9.55. The highest BCUT2D eigenvalue weighted by atomic mass is 16.6. The van der Waals surface area contributed by atoms with Gasteiger partial charge in [0.25, 0.3) is 0 Å². The van der Waals surface area contributed by atoms with Crippen LogP contribution >= 0.6 is 0 Å². The van der Waals surface area contributed by atoms with Crippen LogP contribution in [0, 0.1) is 5.41 Å². The lowest BCUT2D eigenvalue weighted by molar-refractivity contribution is -0.245. The van der Waals surface area contributed by atoms with Crippen LogP contribution in [0.4, 0.5) is 0 Å². The Kier molecular flexibility index (Phi) is 5.04. The van der Waals surface area contributed by atoms with Gasteiger partial charge in [-0.1, -0.05) is 0 Å². The molecule has 0 radical (unpaired) electrons. The van der Waals surface area contributed by atoms with Gasteiger partial charge >= 0.3 is 0 Å². The molecule has 3 saturated heterocycles. The first kappa shape index (κ1) is 19.2. The maximum atomic E-state index is 10.2. The van der Waals surface area contributed by atoms with Gasteiger partial charge in [0.05, 0.1) is 35.7 Å². The Labute approximate surface area is 162 Å². The summed E-state index contributed by atoms with van der Waals surface area (Å²) in [4.78, 5) is 11.0. The first-order valence-electron chi connectivity index (χ1n) is 10.3. The predicted molar refractivity (Wildman–Crippen MR) is 102 cm³/mol. The molecule has 1 aromatic heterocycles. The molecular formula is C21H33N3O3. The zero-order valence-electron chi connectivity index (χ0n) is 16.9. The molecule has 3 atom stereocenters. The molecule has 1 spiro atoms. The third-order valence-corrected chi connectivity index (χ3v) is 7.02. The van der Waals surface area contributed by atoms with Crippen molar-refractivity contribution in [1.82, 2.24) is 14.9 Å². The van der Waals surface area contributed by atoms with Crippen LogP contribution in [-0.4, -0.2) is 63.1 Å². The van der Waals surface area contributed by atoms with Gasteiger partial charge < -0.3 is 14.6 Å². The second kappa shape index (κ2) is 7.07. The van der Waals surface area contributed by atoms with Crippen molar-refractivity contribution in [1.29, 1.82) is 0 Å². The number of nitrogens with zero attached hydrogens (tertiary/aromatic N) is 3. The summed E-state index contributed by atoms with van der Waals surface area (Å²) in [6.45, 7) is 10.0. The molecule has 0 aliphatic carbocycles. The van der Waals surface area contributed by atoms with E-state index in [0.29, 0.717) is 0 Å². The molecule has 4 rings (SSSR count). The van der Waals surface area contributed by atoms with E-state index < -0.39 is 11.7 Å². The minimum absolute atomic E-state index is 0.121. The monoisotopic (exact) mass is 375 g/mol. The van der Waals surface area contributed by atoms with Gasteiger partial charge in [-0.25, -0.2) is 0 Å². The molecule has 0 aromatic carbocycles. The van der Waals surface area contributed by atoms with Crippen molar-refractivity contribution < 1.29 is 14.6 Å². The molecule has 1 N–H and O–H groups in total. The van der Waals surface area contributed by atoms with Gasteiger partial charge in [-0.05, 0) is 71.4 Å². The number of aliphatic hydroxyl groups is 1. The van der Waals surface area contributed by atoms with E-state index in [9.17, 15) is 5.11 Å². The Bertz CT molecular complexity index is 645. The van der Waals surface area contributed by atoms with Gasteiger partial charge in [-0.15, -0.1) is 0 Å². The fourth-order valence-electron chi connectivity index (χ4n) is 5.07. The molecule has 27 heavy (non-hydrogen) atoms. The van der Waals surface area contributed by atoms with Crippen molar-refractivity contribution in [3.05, 3.63) is 24.3 Å². The van der Waals surface area contributed by atoms with Gasteiger partial charge in [-0.2, -0.15) is 0 Å². The third-order valence-electron chi connectivity index (χ3n) is 7.02. The average molecular weight is 376 g/mol. The van der Waals surface area contributed by atoms with Crippen LogP contribution in [-0.2, 0) is 16.0 Å². The maximum absolute atomic E-state index is 10.2. The van der Waals surface area contributed by atoms with Gasteiger partial charge in [0.1, 0.15) is 0 Å². The molecular weight excluding hydrogens is 342 g/mol. The SMILES string of the molecule is CC1(C)O[C@@](C)([C@H]2CC3(CCN(Cc4cnccn4)CC3)CO2)CC[C@@H]1O. The van der Waals surface area contributed by atoms with Crippen molar-refractivity contribution >= 4 is 0 Å². The van der Waals surface area contributed by atoms with Crippen molar-refractivity contribution in [3.63, 3.8) is 0 Å². The summed E-state index contributed by atoms with van der Waals surface area (Å²) >= 11 is 0. The lowest BCUT2D eigenvalue weighted by Gasteiger charge is -2.48. The number of rotatable bonds is 3. The first-order valence-corrected chi connectivity index (χ1v) is 10.3. The summed E-state index contributed by atoms with van der Waals surface area (Å²) in [5.41, 5.74) is 0.503. The average Bonchev–Trinajstić information content (AvgIpc) is 3.06. The van der Waals surface area contributed by atoms with Gasteiger partial charge in [0, 0.05) is 25.1 Å². The zero-order valence-corrected chi connectivity index (χ0v) is 16.9. The standard InChI is InChI=1S/C21H33N3O3/c1-19(2)17(25)4-5-20(3,27-19)18-12-21(15-26-18)6-10-24(11-7-21)14-16-13-22-8-9-23-16/h8-9,13,17-18,25H,4-7,10-12,14-15H2,1-3H3/t17-,18+,20+/m0/s1. The summed E-state index contributed by atoms with van der Waals surface area (Å²) in [5, 5.41) is 10.2. The summed E-state index contributed by atoms with van der Waals surface area (Å²) in [6, 6.07) is 0. The summed E-state index contributed by atoms with van der Waals surface area (Å²) in [6.07, 6.45) is 10.1. The Morgan fingerprint density at radius 1 is 1.19 bits per heavy atom. The van der Waals surface area contributed by atoms with E-state index in [1.165, 1.54) is 0 Å². The number of likely N-dealkylation sites (tertiary alicyclic amines) is 1. The molecule has 6 heteroatoms. The Morgan fingerprint density at radius 3 is 2.63 bits per heavy atom. The maximum Gasteiger partial charge on any atom is 0.0924 e. The molecule has 3 aliphatic rings. The van der Waals surface area contributed by atoms with Crippen LogP contribution in [0.5, 0.6) is 0 Å². The molecule has 0 bridgehead atoms. The minimum atomic E-state index is -0.508. The topological polar surface area (TPSA) is 67.7 Å². The van der Waals surface area contributed by atoms with E-state index in [0.717, 1.165) is 64.0 Å². The highest BCUT2D eigenvalue weighted by Crippen LogP contribution is 2.49. The minimum Gasteiger partial charge on any atom is -0.390 e. The highest BCUT2D eigenvalue weighted by molar-refractivity contribution is 5.03.